The summed E-state index contributed by atoms with van der Waals surface area (Å²) in [5.74, 6) is 1.04. The summed E-state index contributed by atoms with van der Waals surface area (Å²) < 4.78 is 5.96. The Morgan fingerprint density at radius 2 is 1.17 bits per heavy atom. The van der Waals surface area contributed by atoms with Crippen LogP contribution in [-0.2, 0) is 9.59 Å². The minimum absolute atomic E-state index is 0.0669. The lowest BCUT2D eigenvalue weighted by molar-refractivity contribution is -0.117. The maximum atomic E-state index is 13.2. The van der Waals surface area contributed by atoms with E-state index in [9.17, 15) is 9.59 Å². The second kappa shape index (κ2) is 7.09. The summed E-state index contributed by atoms with van der Waals surface area (Å²) in [4.78, 5) is 25.1. The van der Waals surface area contributed by atoms with Gasteiger partial charge in [-0.1, -0.05) is 36.4 Å². The zero-order valence-corrected chi connectivity index (χ0v) is 15.7. The quantitative estimate of drug-likeness (QED) is 0.671. The first kappa shape index (κ1) is 17.5. The summed E-state index contributed by atoms with van der Waals surface area (Å²) in [5, 5.41) is 5.91. The fraction of sp³-hybridized carbons (Fsp3) is 0.167. The lowest BCUT2D eigenvalue weighted by Gasteiger charge is -2.27. The van der Waals surface area contributed by atoms with Crippen molar-refractivity contribution in [1.82, 2.24) is 0 Å². The average molecular weight is 384 g/mol. The Labute approximate surface area is 168 Å². The van der Waals surface area contributed by atoms with Crippen molar-refractivity contribution in [2.75, 3.05) is 10.6 Å². The highest BCUT2D eigenvalue weighted by Gasteiger charge is 2.32. The van der Waals surface area contributed by atoms with Crippen molar-refractivity contribution in [3.05, 3.63) is 83.9 Å². The van der Waals surface area contributed by atoms with Crippen LogP contribution in [0.4, 0.5) is 11.4 Å². The Kier molecular flexibility index (Phi) is 4.28. The Bertz CT molecular complexity index is 1040. The molecule has 1 saturated carbocycles. The smallest absolute Gasteiger partial charge is 0.236 e. The van der Waals surface area contributed by atoms with Crippen LogP contribution in [0.15, 0.2) is 72.8 Å². The molecule has 0 bridgehead atoms. The zero-order chi connectivity index (χ0) is 19.8. The van der Waals surface area contributed by atoms with Crippen LogP contribution in [0.25, 0.3) is 0 Å². The highest BCUT2D eigenvalue weighted by atomic mass is 16.5. The molecule has 3 aromatic carbocycles. The number of ether oxygens (including phenoxy) is 1. The third kappa shape index (κ3) is 3.47. The molecule has 0 unspecified atom stereocenters. The standard InChI is InChI=1S/C24H20N2O3/c27-23(15-9-10-15)25-16-11-13-17(14-12-16)26-24(28)22-18-5-1-3-7-20(18)29-21-8-4-2-6-19(21)22/h1-8,11-15,22H,9-10H2,(H,25,27)(H,26,28). The molecule has 1 fully saturated rings. The Balaban J connectivity index is 1.37. The first-order chi connectivity index (χ1) is 14.2. The van der Waals surface area contributed by atoms with E-state index in [1.165, 1.54) is 0 Å². The Morgan fingerprint density at radius 3 is 1.69 bits per heavy atom. The fourth-order valence-corrected chi connectivity index (χ4v) is 3.63. The minimum atomic E-state index is -0.453. The molecule has 144 valence electrons. The molecule has 0 radical (unpaired) electrons. The van der Waals surface area contributed by atoms with Gasteiger partial charge in [0.05, 0.1) is 5.92 Å². The van der Waals surface area contributed by atoms with E-state index in [1.54, 1.807) is 12.1 Å². The van der Waals surface area contributed by atoms with E-state index in [-0.39, 0.29) is 17.7 Å². The van der Waals surface area contributed by atoms with Crippen molar-refractivity contribution < 1.29 is 14.3 Å². The van der Waals surface area contributed by atoms with Gasteiger partial charge in [-0.15, -0.1) is 0 Å². The zero-order valence-electron chi connectivity index (χ0n) is 15.7. The van der Waals surface area contributed by atoms with Crippen LogP contribution in [0.3, 0.4) is 0 Å². The van der Waals surface area contributed by atoms with Gasteiger partial charge in [0.25, 0.3) is 0 Å². The van der Waals surface area contributed by atoms with Gasteiger partial charge in [-0.3, -0.25) is 9.59 Å². The Morgan fingerprint density at radius 1 is 0.690 bits per heavy atom. The van der Waals surface area contributed by atoms with Gasteiger partial charge in [0.2, 0.25) is 11.8 Å². The molecule has 29 heavy (non-hydrogen) atoms. The van der Waals surface area contributed by atoms with E-state index in [1.807, 2.05) is 60.7 Å². The predicted molar refractivity (Wildman–Crippen MR) is 111 cm³/mol. The number of para-hydroxylation sites is 2. The normalized spacial score (nSPS) is 14.9. The molecule has 1 aliphatic carbocycles. The van der Waals surface area contributed by atoms with Gasteiger partial charge >= 0.3 is 0 Å². The van der Waals surface area contributed by atoms with Crippen molar-refractivity contribution in [1.29, 1.82) is 0 Å². The van der Waals surface area contributed by atoms with Crippen LogP contribution >= 0.6 is 0 Å². The monoisotopic (exact) mass is 384 g/mol. The number of hydrogen-bond acceptors (Lipinski definition) is 3. The Hall–Kier alpha value is -3.60. The molecule has 2 N–H and O–H groups in total. The van der Waals surface area contributed by atoms with Gasteiger partial charge in [-0.05, 0) is 49.2 Å². The number of amides is 2. The third-order valence-corrected chi connectivity index (χ3v) is 5.31. The summed E-state index contributed by atoms with van der Waals surface area (Å²) in [6.45, 7) is 0. The molecular weight excluding hydrogens is 364 g/mol. The molecule has 0 atom stereocenters. The van der Waals surface area contributed by atoms with Crippen molar-refractivity contribution in [2.24, 2.45) is 5.92 Å². The van der Waals surface area contributed by atoms with Crippen LogP contribution in [0.5, 0.6) is 11.5 Å². The summed E-state index contributed by atoms with van der Waals surface area (Å²) in [5.41, 5.74) is 3.11. The van der Waals surface area contributed by atoms with Gasteiger partial charge in [0.15, 0.2) is 0 Å². The number of anilines is 2. The summed E-state index contributed by atoms with van der Waals surface area (Å²) >= 11 is 0. The van der Waals surface area contributed by atoms with E-state index in [2.05, 4.69) is 10.6 Å². The largest absolute Gasteiger partial charge is 0.457 e. The van der Waals surface area contributed by atoms with Crippen LogP contribution in [0.1, 0.15) is 29.9 Å². The molecule has 3 aromatic rings. The fourth-order valence-electron chi connectivity index (χ4n) is 3.63. The number of rotatable bonds is 4. The maximum Gasteiger partial charge on any atom is 0.236 e. The molecule has 0 aromatic heterocycles. The number of benzene rings is 3. The van der Waals surface area contributed by atoms with E-state index in [4.69, 9.17) is 4.74 Å². The highest BCUT2D eigenvalue weighted by Crippen LogP contribution is 2.44. The summed E-state index contributed by atoms with van der Waals surface area (Å²) in [6, 6.07) is 22.4. The van der Waals surface area contributed by atoms with E-state index in [0.29, 0.717) is 17.2 Å². The van der Waals surface area contributed by atoms with Gasteiger partial charge in [-0.25, -0.2) is 0 Å². The molecule has 1 aliphatic heterocycles. The van der Waals surface area contributed by atoms with Crippen LogP contribution in [0, 0.1) is 5.92 Å². The number of fused-ring (bicyclic) bond motifs is 2. The molecular formula is C24H20N2O3. The van der Waals surface area contributed by atoms with Gasteiger partial charge < -0.3 is 15.4 Å². The highest BCUT2D eigenvalue weighted by molar-refractivity contribution is 6.00. The topological polar surface area (TPSA) is 67.4 Å². The first-order valence-corrected chi connectivity index (χ1v) is 9.76. The summed E-state index contributed by atoms with van der Waals surface area (Å²) in [6.07, 6.45) is 1.93. The second-order valence-electron chi connectivity index (χ2n) is 7.44. The third-order valence-electron chi connectivity index (χ3n) is 5.31. The molecule has 0 spiro atoms. The van der Waals surface area contributed by atoms with Gasteiger partial charge in [0, 0.05) is 28.4 Å². The molecule has 2 amide bonds. The van der Waals surface area contributed by atoms with Gasteiger partial charge in [-0.2, -0.15) is 0 Å². The summed E-state index contributed by atoms with van der Waals surface area (Å²) in [7, 11) is 0. The molecule has 0 saturated heterocycles. The molecule has 5 heteroatoms. The van der Waals surface area contributed by atoms with E-state index in [0.717, 1.165) is 29.7 Å². The molecule has 2 aliphatic rings. The average Bonchev–Trinajstić information content (AvgIpc) is 3.59. The van der Waals surface area contributed by atoms with E-state index >= 15 is 0 Å². The minimum Gasteiger partial charge on any atom is -0.457 e. The second-order valence-corrected chi connectivity index (χ2v) is 7.44. The lowest BCUT2D eigenvalue weighted by Crippen LogP contribution is -2.25. The number of nitrogens with one attached hydrogen (secondary N) is 2. The first-order valence-electron chi connectivity index (χ1n) is 9.76. The van der Waals surface area contributed by atoms with Crippen molar-refractivity contribution in [3.63, 3.8) is 0 Å². The van der Waals surface area contributed by atoms with Crippen LogP contribution in [-0.4, -0.2) is 11.8 Å². The predicted octanol–water partition coefficient (Wildman–Crippen LogP) is 4.91. The number of carbonyl (C=O) groups is 2. The SMILES string of the molecule is O=C(Nc1ccc(NC(=O)C2c3ccccc3Oc3ccccc32)cc1)C1CC1. The molecule has 1 heterocycles. The lowest BCUT2D eigenvalue weighted by atomic mass is 9.87. The van der Waals surface area contributed by atoms with Crippen molar-refractivity contribution in [2.45, 2.75) is 18.8 Å². The maximum absolute atomic E-state index is 13.2. The van der Waals surface area contributed by atoms with Crippen LogP contribution < -0.4 is 15.4 Å². The van der Waals surface area contributed by atoms with Crippen LogP contribution in [0.2, 0.25) is 0 Å². The van der Waals surface area contributed by atoms with Crippen molar-refractivity contribution >= 4 is 23.2 Å². The molecule has 5 rings (SSSR count). The number of hydrogen-bond donors (Lipinski definition) is 2. The van der Waals surface area contributed by atoms with Gasteiger partial charge in [0.1, 0.15) is 11.5 Å². The number of carbonyl (C=O) groups excluding carboxylic acids is 2. The van der Waals surface area contributed by atoms with Crippen molar-refractivity contribution in [3.8, 4) is 11.5 Å². The molecule has 5 nitrogen and oxygen atoms in total. The van der Waals surface area contributed by atoms with E-state index < -0.39 is 5.92 Å².